The van der Waals surface area contributed by atoms with Crippen molar-refractivity contribution in [2.75, 3.05) is 31.6 Å². The summed E-state index contributed by atoms with van der Waals surface area (Å²) in [7, 11) is 2.08. The van der Waals surface area contributed by atoms with Gasteiger partial charge < -0.3 is 15.5 Å². The van der Waals surface area contributed by atoms with Gasteiger partial charge in [-0.05, 0) is 31.4 Å². The largest absolute Gasteiger partial charge is 0.375 e. The van der Waals surface area contributed by atoms with Crippen LogP contribution in [0.4, 0.5) is 5.69 Å². The van der Waals surface area contributed by atoms with Gasteiger partial charge in [-0.3, -0.25) is 4.79 Å². The van der Waals surface area contributed by atoms with Crippen molar-refractivity contribution in [3.63, 3.8) is 0 Å². The Bertz CT molecular complexity index is 403. The van der Waals surface area contributed by atoms with Crippen molar-refractivity contribution in [1.82, 2.24) is 10.6 Å². The van der Waals surface area contributed by atoms with E-state index in [1.54, 1.807) is 0 Å². The standard InChI is InChI=1S/C16H25N3O/c1-19(15-6-3-2-4-7-15)13-5-11-18-16(20)10-12-17-14-8-9-14/h2-4,6-7,14,17H,5,8-13H2,1H3,(H,18,20). The summed E-state index contributed by atoms with van der Waals surface area (Å²) in [4.78, 5) is 13.8. The summed E-state index contributed by atoms with van der Waals surface area (Å²) >= 11 is 0. The third-order valence-electron chi connectivity index (χ3n) is 3.55. The van der Waals surface area contributed by atoms with Crippen LogP contribution in [0.5, 0.6) is 0 Å². The molecule has 0 aromatic heterocycles. The first-order valence-corrected chi connectivity index (χ1v) is 7.52. The van der Waals surface area contributed by atoms with E-state index in [0.29, 0.717) is 12.5 Å². The predicted molar refractivity (Wildman–Crippen MR) is 83.0 cm³/mol. The smallest absolute Gasteiger partial charge is 0.221 e. The third-order valence-corrected chi connectivity index (χ3v) is 3.55. The maximum absolute atomic E-state index is 11.6. The highest BCUT2D eigenvalue weighted by Crippen LogP contribution is 2.18. The second-order valence-electron chi connectivity index (χ2n) is 5.44. The minimum atomic E-state index is 0.153. The molecular weight excluding hydrogens is 250 g/mol. The summed E-state index contributed by atoms with van der Waals surface area (Å²) in [6.45, 7) is 2.50. The Morgan fingerprint density at radius 3 is 2.70 bits per heavy atom. The van der Waals surface area contributed by atoms with Gasteiger partial charge in [0, 0.05) is 44.8 Å². The number of nitrogens with one attached hydrogen (secondary N) is 2. The van der Waals surface area contributed by atoms with Crippen molar-refractivity contribution in [3.8, 4) is 0 Å². The molecule has 0 aliphatic heterocycles. The van der Waals surface area contributed by atoms with E-state index < -0.39 is 0 Å². The molecule has 20 heavy (non-hydrogen) atoms. The van der Waals surface area contributed by atoms with Crippen LogP contribution in [0.1, 0.15) is 25.7 Å². The summed E-state index contributed by atoms with van der Waals surface area (Å²) in [6.07, 6.45) is 4.10. The molecule has 4 nitrogen and oxygen atoms in total. The number of rotatable bonds is 9. The fourth-order valence-corrected chi connectivity index (χ4v) is 2.12. The monoisotopic (exact) mass is 275 g/mol. The van der Waals surface area contributed by atoms with Crippen LogP contribution in [-0.2, 0) is 4.79 Å². The van der Waals surface area contributed by atoms with Crippen LogP contribution in [0, 0.1) is 0 Å². The highest BCUT2D eigenvalue weighted by molar-refractivity contribution is 5.76. The Morgan fingerprint density at radius 2 is 2.00 bits per heavy atom. The molecule has 0 spiro atoms. The summed E-state index contributed by atoms with van der Waals surface area (Å²) in [5, 5.41) is 6.33. The van der Waals surface area contributed by atoms with Crippen molar-refractivity contribution in [2.24, 2.45) is 0 Å². The van der Waals surface area contributed by atoms with E-state index in [4.69, 9.17) is 0 Å². The van der Waals surface area contributed by atoms with Gasteiger partial charge in [0.05, 0.1) is 0 Å². The topological polar surface area (TPSA) is 44.4 Å². The molecule has 1 aliphatic carbocycles. The average molecular weight is 275 g/mol. The highest BCUT2D eigenvalue weighted by Gasteiger charge is 2.19. The van der Waals surface area contributed by atoms with E-state index in [-0.39, 0.29) is 5.91 Å². The van der Waals surface area contributed by atoms with Crippen molar-refractivity contribution in [1.29, 1.82) is 0 Å². The number of carbonyl (C=O) groups is 1. The van der Waals surface area contributed by atoms with Crippen LogP contribution in [0.25, 0.3) is 0 Å². The molecule has 0 atom stereocenters. The zero-order valence-corrected chi connectivity index (χ0v) is 12.3. The zero-order chi connectivity index (χ0) is 14.2. The van der Waals surface area contributed by atoms with Gasteiger partial charge in [0.15, 0.2) is 0 Å². The van der Waals surface area contributed by atoms with Crippen LogP contribution < -0.4 is 15.5 Å². The minimum Gasteiger partial charge on any atom is -0.375 e. The van der Waals surface area contributed by atoms with Gasteiger partial charge in [0.25, 0.3) is 0 Å². The number of benzene rings is 1. The Hall–Kier alpha value is -1.55. The van der Waals surface area contributed by atoms with Crippen molar-refractivity contribution in [2.45, 2.75) is 31.7 Å². The third kappa shape index (κ3) is 5.61. The molecule has 2 rings (SSSR count). The number of hydrogen-bond donors (Lipinski definition) is 2. The molecule has 1 amide bonds. The molecule has 1 fully saturated rings. The Balaban J connectivity index is 1.50. The maximum atomic E-state index is 11.6. The number of amides is 1. The quantitative estimate of drug-likeness (QED) is 0.675. The lowest BCUT2D eigenvalue weighted by Gasteiger charge is -2.19. The molecule has 0 unspecified atom stereocenters. The zero-order valence-electron chi connectivity index (χ0n) is 12.3. The first-order chi connectivity index (χ1) is 9.75. The SMILES string of the molecule is CN(CCCNC(=O)CCNC1CC1)c1ccccc1. The summed E-state index contributed by atoms with van der Waals surface area (Å²) < 4.78 is 0. The van der Waals surface area contributed by atoms with Crippen LogP contribution in [0.2, 0.25) is 0 Å². The lowest BCUT2D eigenvalue weighted by Crippen LogP contribution is -2.30. The first-order valence-electron chi connectivity index (χ1n) is 7.52. The van der Waals surface area contributed by atoms with Crippen molar-refractivity contribution in [3.05, 3.63) is 30.3 Å². The van der Waals surface area contributed by atoms with Gasteiger partial charge in [-0.25, -0.2) is 0 Å². The number of carbonyl (C=O) groups excluding carboxylic acids is 1. The highest BCUT2D eigenvalue weighted by atomic mass is 16.1. The average Bonchev–Trinajstić information content (AvgIpc) is 3.28. The van der Waals surface area contributed by atoms with Crippen LogP contribution in [-0.4, -0.2) is 38.6 Å². The van der Waals surface area contributed by atoms with Gasteiger partial charge in [-0.15, -0.1) is 0 Å². The number of anilines is 1. The van der Waals surface area contributed by atoms with Gasteiger partial charge in [0.1, 0.15) is 0 Å². The molecule has 1 saturated carbocycles. The molecule has 1 aromatic carbocycles. The van der Waals surface area contributed by atoms with Gasteiger partial charge in [-0.2, -0.15) is 0 Å². The van der Waals surface area contributed by atoms with Crippen molar-refractivity contribution < 1.29 is 4.79 Å². The second-order valence-corrected chi connectivity index (χ2v) is 5.44. The number of hydrogen-bond acceptors (Lipinski definition) is 3. The number of para-hydroxylation sites is 1. The van der Waals surface area contributed by atoms with Crippen molar-refractivity contribution >= 4 is 11.6 Å². The molecule has 110 valence electrons. The normalized spacial score (nSPS) is 14.1. The van der Waals surface area contributed by atoms with Gasteiger partial charge in [-0.1, -0.05) is 18.2 Å². The Morgan fingerprint density at radius 1 is 1.25 bits per heavy atom. The molecule has 1 aliphatic rings. The van der Waals surface area contributed by atoms with E-state index in [0.717, 1.165) is 26.1 Å². The Labute approximate surface area is 121 Å². The van der Waals surface area contributed by atoms with Crippen LogP contribution in [0.15, 0.2) is 30.3 Å². The molecule has 4 heteroatoms. The van der Waals surface area contributed by atoms with Crippen LogP contribution in [0.3, 0.4) is 0 Å². The summed E-state index contributed by atoms with van der Waals surface area (Å²) in [5.74, 6) is 0.153. The lowest BCUT2D eigenvalue weighted by molar-refractivity contribution is -0.120. The Kier molecular flexibility index (Phi) is 5.87. The molecule has 0 saturated heterocycles. The van der Waals surface area contributed by atoms with Crippen LogP contribution >= 0.6 is 0 Å². The lowest BCUT2D eigenvalue weighted by atomic mass is 10.3. The number of nitrogens with zero attached hydrogens (tertiary/aromatic N) is 1. The minimum absolute atomic E-state index is 0.153. The maximum Gasteiger partial charge on any atom is 0.221 e. The molecule has 0 bridgehead atoms. The van der Waals surface area contributed by atoms with E-state index in [2.05, 4.69) is 34.7 Å². The molecule has 0 radical (unpaired) electrons. The fourth-order valence-electron chi connectivity index (χ4n) is 2.12. The van der Waals surface area contributed by atoms with E-state index in [1.807, 2.05) is 18.2 Å². The molecule has 1 aromatic rings. The van der Waals surface area contributed by atoms with Gasteiger partial charge >= 0.3 is 0 Å². The predicted octanol–water partition coefficient (Wildman–Crippen LogP) is 1.77. The van der Waals surface area contributed by atoms with E-state index in [1.165, 1.54) is 18.5 Å². The summed E-state index contributed by atoms with van der Waals surface area (Å²) in [5.41, 5.74) is 1.22. The molecular formula is C16H25N3O. The fraction of sp³-hybridized carbons (Fsp3) is 0.562. The van der Waals surface area contributed by atoms with E-state index >= 15 is 0 Å². The van der Waals surface area contributed by atoms with Gasteiger partial charge in [0.2, 0.25) is 5.91 Å². The van der Waals surface area contributed by atoms with E-state index in [9.17, 15) is 4.79 Å². The second kappa shape index (κ2) is 7.90. The first kappa shape index (κ1) is 14.9. The summed E-state index contributed by atoms with van der Waals surface area (Å²) in [6, 6.07) is 11.0. The molecule has 0 heterocycles. The molecule has 2 N–H and O–H groups in total.